The van der Waals surface area contributed by atoms with Crippen molar-refractivity contribution in [3.8, 4) is 17.1 Å². The average molecular weight is 405 g/mol. The number of rotatable bonds is 5. The summed E-state index contributed by atoms with van der Waals surface area (Å²) < 4.78 is 6.98. The third-order valence-corrected chi connectivity index (χ3v) is 4.52. The van der Waals surface area contributed by atoms with Crippen LogP contribution in [0.1, 0.15) is 5.56 Å². The lowest BCUT2D eigenvalue weighted by molar-refractivity contribution is 0.365. The van der Waals surface area contributed by atoms with Crippen LogP contribution in [0, 0.1) is 0 Å². The molecule has 0 radical (unpaired) electrons. The Morgan fingerprint density at radius 3 is 2.62 bits per heavy atom. The predicted octanol–water partition coefficient (Wildman–Crippen LogP) is 6.08. The highest BCUT2D eigenvalue weighted by Crippen LogP contribution is 2.32. The normalized spacial score (nSPS) is 11.3. The van der Waals surface area contributed by atoms with Gasteiger partial charge in [0, 0.05) is 4.47 Å². The summed E-state index contributed by atoms with van der Waals surface area (Å²) in [6, 6.07) is 24.1. The third-order valence-electron chi connectivity index (χ3n) is 4.03. The molecule has 3 aromatic carbocycles. The lowest BCUT2D eigenvalue weighted by Gasteiger charge is -2.09. The van der Waals surface area contributed by atoms with Crippen LogP contribution in [0.5, 0.6) is 5.75 Å². The number of nitrogens with one attached hydrogen (secondary N) is 1. The molecule has 1 N–H and O–H groups in total. The van der Waals surface area contributed by atoms with Crippen LogP contribution in [0.15, 0.2) is 83.3 Å². The zero-order chi connectivity index (χ0) is 17.8. The topological polar surface area (TPSA) is 37.9 Å². The van der Waals surface area contributed by atoms with Crippen LogP contribution < -0.4 is 4.74 Å². The highest BCUT2D eigenvalue weighted by molar-refractivity contribution is 9.10. The van der Waals surface area contributed by atoms with E-state index >= 15 is 0 Å². The van der Waals surface area contributed by atoms with Gasteiger partial charge in [0.15, 0.2) is 0 Å². The van der Waals surface area contributed by atoms with Crippen LogP contribution in [0.4, 0.5) is 0 Å². The molecule has 0 saturated carbocycles. The molecular formula is C22H17BrN2O. The Hall–Kier alpha value is -2.85. The highest BCUT2D eigenvalue weighted by atomic mass is 79.9. The van der Waals surface area contributed by atoms with Gasteiger partial charge in [0.25, 0.3) is 0 Å². The van der Waals surface area contributed by atoms with E-state index in [-0.39, 0.29) is 0 Å². The van der Waals surface area contributed by atoms with Crippen LogP contribution in [0.3, 0.4) is 0 Å². The number of hydrogen-bond acceptors (Lipinski definition) is 2. The number of para-hydroxylation sites is 2. The zero-order valence-electron chi connectivity index (χ0n) is 14.0. The van der Waals surface area contributed by atoms with Crippen molar-refractivity contribution in [2.24, 2.45) is 0 Å². The van der Waals surface area contributed by atoms with E-state index < -0.39 is 0 Å². The van der Waals surface area contributed by atoms with E-state index in [9.17, 15) is 0 Å². The van der Waals surface area contributed by atoms with E-state index in [1.54, 1.807) is 0 Å². The number of aromatic nitrogens is 2. The molecule has 0 fully saturated rings. The number of aromatic amines is 1. The summed E-state index contributed by atoms with van der Waals surface area (Å²) in [5.41, 5.74) is 4.04. The molecule has 0 spiro atoms. The third kappa shape index (κ3) is 3.70. The zero-order valence-corrected chi connectivity index (χ0v) is 15.6. The second kappa shape index (κ2) is 7.58. The number of benzene rings is 3. The molecule has 128 valence electrons. The van der Waals surface area contributed by atoms with Crippen molar-refractivity contribution in [2.75, 3.05) is 6.61 Å². The van der Waals surface area contributed by atoms with Crippen LogP contribution in [0.25, 0.3) is 28.5 Å². The molecule has 0 unspecified atom stereocenters. The minimum Gasteiger partial charge on any atom is -0.489 e. The lowest BCUT2D eigenvalue weighted by Crippen LogP contribution is -1.96. The molecule has 4 aromatic rings. The molecule has 0 aliphatic heterocycles. The number of nitrogens with zero attached hydrogens (tertiary/aromatic N) is 1. The van der Waals surface area contributed by atoms with Gasteiger partial charge in [-0.05, 0) is 42.0 Å². The van der Waals surface area contributed by atoms with Crippen LogP contribution in [-0.4, -0.2) is 16.6 Å². The summed E-state index contributed by atoms with van der Waals surface area (Å²) in [5, 5.41) is 0. The molecule has 3 nitrogen and oxygen atoms in total. The monoisotopic (exact) mass is 404 g/mol. The van der Waals surface area contributed by atoms with Gasteiger partial charge in [0.1, 0.15) is 18.2 Å². The summed E-state index contributed by atoms with van der Waals surface area (Å²) in [4.78, 5) is 8.05. The Labute approximate surface area is 160 Å². The van der Waals surface area contributed by atoms with E-state index in [0.717, 1.165) is 38.2 Å². The number of hydrogen-bond donors (Lipinski definition) is 1. The molecule has 4 heteroatoms. The maximum atomic E-state index is 6.00. The Kier molecular flexibility index (Phi) is 4.84. The van der Waals surface area contributed by atoms with Gasteiger partial charge in [0.05, 0.1) is 16.6 Å². The van der Waals surface area contributed by atoms with Gasteiger partial charge in [-0.25, -0.2) is 4.98 Å². The van der Waals surface area contributed by atoms with Gasteiger partial charge >= 0.3 is 0 Å². The average Bonchev–Trinajstić information content (AvgIpc) is 3.11. The van der Waals surface area contributed by atoms with Crippen LogP contribution in [0.2, 0.25) is 0 Å². The summed E-state index contributed by atoms with van der Waals surface area (Å²) in [5.74, 6) is 1.60. The van der Waals surface area contributed by atoms with Gasteiger partial charge < -0.3 is 9.72 Å². The molecule has 0 saturated heterocycles. The van der Waals surface area contributed by atoms with Crippen LogP contribution >= 0.6 is 15.9 Å². The molecule has 0 atom stereocenters. The molecule has 1 heterocycles. The molecule has 1 aromatic heterocycles. The van der Waals surface area contributed by atoms with E-state index in [0.29, 0.717) is 6.61 Å². The van der Waals surface area contributed by atoms with E-state index in [1.165, 1.54) is 0 Å². The molecule has 26 heavy (non-hydrogen) atoms. The van der Waals surface area contributed by atoms with Crippen molar-refractivity contribution < 1.29 is 4.74 Å². The van der Waals surface area contributed by atoms with Crippen molar-refractivity contribution in [3.05, 3.63) is 88.9 Å². The summed E-state index contributed by atoms with van der Waals surface area (Å²) in [6.45, 7) is 0.490. The van der Waals surface area contributed by atoms with Crippen molar-refractivity contribution >= 4 is 33.0 Å². The first-order chi connectivity index (χ1) is 12.8. The Balaban J connectivity index is 1.57. The molecular weight excluding hydrogens is 388 g/mol. The number of halogens is 1. The van der Waals surface area contributed by atoms with E-state index in [4.69, 9.17) is 4.74 Å². The largest absolute Gasteiger partial charge is 0.489 e. The first kappa shape index (κ1) is 16.6. The summed E-state index contributed by atoms with van der Waals surface area (Å²) in [7, 11) is 0. The van der Waals surface area contributed by atoms with Crippen molar-refractivity contribution in [2.45, 2.75) is 0 Å². The summed E-state index contributed by atoms with van der Waals surface area (Å²) >= 11 is 3.54. The standard InChI is InChI=1S/C22H17BrN2O/c23-17-12-13-21(26-14-6-9-16-7-2-1-3-8-16)18(15-17)22-24-19-10-4-5-11-20(19)25-22/h1-13,15H,14H2,(H,24,25). The Morgan fingerprint density at radius 2 is 1.77 bits per heavy atom. The van der Waals surface area contributed by atoms with Gasteiger partial charge in [-0.15, -0.1) is 0 Å². The maximum Gasteiger partial charge on any atom is 0.142 e. The fourth-order valence-electron chi connectivity index (χ4n) is 2.78. The number of ether oxygens (including phenoxy) is 1. The van der Waals surface area contributed by atoms with Crippen LogP contribution in [-0.2, 0) is 0 Å². The quantitative estimate of drug-likeness (QED) is 0.437. The fraction of sp³-hybridized carbons (Fsp3) is 0.0455. The number of fused-ring (bicyclic) bond motifs is 1. The maximum absolute atomic E-state index is 6.00. The van der Waals surface area contributed by atoms with Crippen molar-refractivity contribution in [3.63, 3.8) is 0 Å². The second-order valence-corrected chi connectivity index (χ2v) is 6.78. The summed E-state index contributed by atoms with van der Waals surface area (Å²) in [6.07, 6.45) is 4.07. The molecule has 0 amide bonds. The number of imidazole rings is 1. The number of H-pyrrole nitrogens is 1. The SMILES string of the molecule is Brc1ccc(OCC=Cc2ccccc2)c(-c2nc3ccccc3[nH]2)c1. The Bertz CT molecular complexity index is 1020. The van der Waals surface area contributed by atoms with E-state index in [1.807, 2.05) is 66.7 Å². The Morgan fingerprint density at radius 1 is 0.962 bits per heavy atom. The van der Waals surface area contributed by atoms with Crippen molar-refractivity contribution in [1.29, 1.82) is 0 Å². The second-order valence-electron chi connectivity index (χ2n) is 5.87. The molecule has 0 bridgehead atoms. The van der Waals surface area contributed by atoms with Gasteiger partial charge in [-0.2, -0.15) is 0 Å². The lowest BCUT2D eigenvalue weighted by atomic mass is 10.2. The predicted molar refractivity (Wildman–Crippen MR) is 110 cm³/mol. The first-order valence-electron chi connectivity index (χ1n) is 8.39. The fourth-order valence-corrected chi connectivity index (χ4v) is 3.14. The van der Waals surface area contributed by atoms with Crippen molar-refractivity contribution in [1.82, 2.24) is 9.97 Å². The molecule has 0 aliphatic carbocycles. The first-order valence-corrected chi connectivity index (χ1v) is 9.18. The smallest absolute Gasteiger partial charge is 0.142 e. The highest BCUT2D eigenvalue weighted by Gasteiger charge is 2.11. The van der Waals surface area contributed by atoms with E-state index in [2.05, 4.69) is 44.1 Å². The van der Waals surface area contributed by atoms with Gasteiger partial charge in [-0.3, -0.25) is 0 Å². The van der Waals surface area contributed by atoms with Gasteiger partial charge in [0.2, 0.25) is 0 Å². The minimum atomic E-state index is 0.490. The van der Waals surface area contributed by atoms with Gasteiger partial charge in [-0.1, -0.05) is 64.5 Å². The minimum absolute atomic E-state index is 0.490. The molecule has 0 aliphatic rings. The molecule has 4 rings (SSSR count).